The highest BCUT2D eigenvalue weighted by Crippen LogP contribution is 2.20. The van der Waals surface area contributed by atoms with Crippen LogP contribution in [0.4, 0.5) is 5.69 Å². The molecule has 0 unspecified atom stereocenters. The molecule has 0 aliphatic heterocycles. The van der Waals surface area contributed by atoms with Crippen molar-refractivity contribution in [1.29, 1.82) is 0 Å². The lowest BCUT2D eigenvalue weighted by molar-refractivity contribution is 0.0868. The van der Waals surface area contributed by atoms with Crippen molar-refractivity contribution in [3.63, 3.8) is 0 Å². The van der Waals surface area contributed by atoms with Crippen molar-refractivity contribution in [2.75, 3.05) is 11.9 Å². The highest BCUT2D eigenvalue weighted by molar-refractivity contribution is 5.99. The van der Waals surface area contributed by atoms with Crippen LogP contribution in [0.2, 0.25) is 0 Å². The van der Waals surface area contributed by atoms with Crippen LogP contribution in [0.25, 0.3) is 0 Å². The average Bonchev–Trinajstić information content (AvgIpc) is 2.47. The maximum atomic E-state index is 12.4. The molecule has 1 aromatic carbocycles. The van der Waals surface area contributed by atoms with E-state index < -0.39 is 0 Å². The first-order valence-electron chi connectivity index (χ1n) is 7.52. The molecule has 0 heterocycles. The van der Waals surface area contributed by atoms with Crippen LogP contribution < -0.4 is 10.6 Å². The van der Waals surface area contributed by atoms with Crippen LogP contribution in [0.1, 0.15) is 49.4 Å². The van der Waals surface area contributed by atoms with E-state index in [1.54, 1.807) is 0 Å². The summed E-state index contributed by atoms with van der Waals surface area (Å²) < 4.78 is 0. The summed E-state index contributed by atoms with van der Waals surface area (Å²) in [4.78, 5) is 12.4. The van der Waals surface area contributed by atoms with Crippen molar-refractivity contribution >= 4 is 11.6 Å². The summed E-state index contributed by atoms with van der Waals surface area (Å²) in [5.41, 5.74) is 1.59. The van der Waals surface area contributed by atoms with Gasteiger partial charge in [0.15, 0.2) is 0 Å². The molecular formula is C16H24N2O2. The molecule has 1 aliphatic carbocycles. The van der Waals surface area contributed by atoms with Gasteiger partial charge in [-0.05, 0) is 44.2 Å². The third kappa shape index (κ3) is 3.97. The van der Waals surface area contributed by atoms with E-state index >= 15 is 0 Å². The lowest BCUT2D eigenvalue weighted by atomic mass is 9.93. The van der Waals surface area contributed by atoms with Gasteiger partial charge in [-0.3, -0.25) is 4.79 Å². The molecule has 20 heavy (non-hydrogen) atoms. The summed E-state index contributed by atoms with van der Waals surface area (Å²) in [6, 6.07) is 7.80. The van der Waals surface area contributed by atoms with Gasteiger partial charge in [0.2, 0.25) is 0 Å². The zero-order valence-corrected chi connectivity index (χ0v) is 12.1. The number of amides is 1. The summed E-state index contributed by atoms with van der Waals surface area (Å²) in [5.74, 6) is -0.0226. The second kappa shape index (κ2) is 7.29. The molecule has 0 spiro atoms. The topological polar surface area (TPSA) is 61.4 Å². The van der Waals surface area contributed by atoms with Crippen molar-refractivity contribution < 1.29 is 9.90 Å². The number of anilines is 1. The molecule has 0 bridgehead atoms. The first-order chi connectivity index (χ1) is 9.70. The minimum Gasteiger partial charge on any atom is -0.393 e. The Morgan fingerprint density at radius 2 is 1.95 bits per heavy atom. The fraction of sp³-hybridized carbons (Fsp3) is 0.562. The van der Waals surface area contributed by atoms with Gasteiger partial charge in [0.05, 0.1) is 11.7 Å². The second-order valence-electron chi connectivity index (χ2n) is 5.45. The van der Waals surface area contributed by atoms with Crippen LogP contribution in [0, 0.1) is 0 Å². The number of nitrogens with one attached hydrogen (secondary N) is 2. The zero-order valence-electron chi connectivity index (χ0n) is 12.1. The van der Waals surface area contributed by atoms with Gasteiger partial charge in [-0.2, -0.15) is 0 Å². The third-order valence-electron chi connectivity index (χ3n) is 3.77. The molecule has 4 nitrogen and oxygen atoms in total. The number of rotatable bonds is 5. The van der Waals surface area contributed by atoms with E-state index in [1.807, 2.05) is 24.3 Å². The molecule has 1 amide bonds. The largest absolute Gasteiger partial charge is 0.393 e. The summed E-state index contributed by atoms with van der Waals surface area (Å²) in [6.45, 7) is 2.96. The first kappa shape index (κ1) is 14.9. The molecule has 0 atom stereocenters. The smallest absolute Gasteiger partial charge is 0.253 e. The average molecular weight is 276 g/mol. The lowest BCUT2D eigenvalue weighted by Gasteiger charge is -2.26. The molecule has 2 rings (SSSR count). The molecule has 0 saturated heterocycles. The number of carbonyl (C=O) groups is 1. The lowest BCUT2D eigenvalue weighted by Crippen LogP contribution is -2.38. The first-order valence-corrected chi connectivity index (χ1v) is 7.52. The quantitative estimate of drug-likeness (QED) is 0.774. The molecule has 0 radical (unpaired) electrons. The predicted octanol–water partition coefficient (Wildman–Crippen LogP) is 2.54. The van der Waals surface area contributed by atoms with E-state index in [4.69, 9.17) is 0 Å². The summed E-state index contributed by atoms with van der Waals surface area (Å²) in [6.07, 6.45) is 4.11. The van der Waals surface area contributed by atoms with Crippen molar-refractivity contribution in [1.82, 2.24) is 5.32 Å². The maximum absolute atomic E-state index is 12.4. The normalized spacial score (nSPS) is 22.3. The van der Waals surface area contributed by atoms with Gasteiger partial charge in [0.25, 0.3) is 5.91 Å². The number of para-hydroxylation sites is 1. The van der Waals surface area contributed by atoms with E-state index in [0.717, 1.165) is 44.3 Å². The van der Waals surface area contributed by atoms with Gasteiger partial charge in [-0.1, -0.05) is 19.1 Å². The van der Waals surface area contributed by atoms with Gasteiger partial charge in [0, 0.05) is 18.3 Å². The minimum atomic E-state index is -0.193. The zero-order chi connectivity index (χ0) is 14.4. The Bertz CT molecular complexity index is 440. The standard InChI is InChI=1S/C16H24N2O2/c1-2-11-17-15-6-4-3-5-14(15)16(20)18-12-7-9-13(19)10-8-12/h3-6,12-13,17,19H,2,7-11H2,1H3,(H,18,20). The minimum absolute atomic E-state index is 0.0226. The third-order valence-corrected chi connectivity index (χ3v) is 3.77. The second-order valence-corrected chi connectivity index (χ2v) is 5.45. The maximum Gasteiger partial charge on any atom is 0.253 e. The molecule has 0 aromatic heterocycles. The molecule has 1 fully saturated rings. The number of hydrogen-bond donors (Lipinski definition) is 3. The Morgan fingerprint density at radius 3 is 2.65 bits per heavy atom. The van der Waals surface area contributed by atoms with Crippen molar-refractivity contribution in [2.45, 2.75) is 51.2 Å². The van der Waals surface area contributed by atoms with Crippen LogP contribution >= 0.6 is 0 Å². The van der Waals surface area contributed by atoms with Crippen LogP contribution in [-0.4, -0.2) is 29.7 Å². The Kier molecular flexibility index (Phi) is 5.41. The highest BCUT2D eigenvalue weighted by Gasteiger charge is 2.22. The Morgan fingerprint density at radius 1 is 1.25 bits per heavy atom. The van der Waals surface area contributed by atoms with Gasteiger partial charge in [0.1, 0.15) is 0 Å². The summed E-state index contributed by atoms with van der Waals surface area (Å²) in [5, 5.41) is 15.9. The van der Waals surface area contributed by atoms with Crippen molar-refractivity contribution in [3.8, 4) is 0 Å². The molecular weight excluding hydrogens is 252 g/mol. The molecule has 110 valence electrons. The summed E-state index contributed by atoms with van der Waals surface area (Å²) >= 11 is 0. The number of aliphatic hydroxyl groups is 1. The predicted molar refractivity (Wildman–Crippen MR) is 81.0 cm³/mol. The fourth-order valence-corrected chi connectivity index (χ4v) is 2.58. The van der Waals surface area contributed by atoms with Gasteiger partial charge < -0.3 is 15.7 Å². The highest BCUT2D eigenvalue weighted by atomic mass is 16.3. The van der Waals surface area contributed by atoms with E-state index in [9.17, 15) is 9.90 Å². The molecule has 3 N–H and O–H groups in total. The van der Waals surface area contributed by atoms with E-state index in [2.05, 4.69) is 17.6 Å². The number of benzene rings is 1. The van der Waals surface area contributed by atoms with Gasteiger partial charge >= 0.3 is 0 Å². The van der Waals surface area contributed by atoms with Gasteiger partial charge in [-0.25, -0.2) is 0 Å². The van der Waals surface area contributed by atoms with Crippen LogP contribution in [0.5, 0.6) is 0 Å². The molecule has 1 saturated carbocycles. The van der Waals surface area contributed by atoms with Crippen LogP contribution in [0.3, 0.4) is 0 Å². The van der Waals surface area contributed by atoms with Crippen molar-refractivity contribution in [2.24, 2.45) is 0 Å². The Labute approximate surface area is 120 Å². The Balaban J connectivity index is 1.98. The van der Waals surface area contributed by atoms with Gasteiger partial charge in [-0.15, -0.1) is 0 Å². The Hall–Kier alpha value is -1.55. The van der Waals surface area contributed by atoms with E-state index in [1.165, 1.54) is 0 Å². The number of aliphatic hydroxyl groups excluding tert-OH is 1. The molecule has 1 aromatic rings. The van der Waals surface area contributed by atoms with Crippen LogP contribution in [0.15, 0.2) is 24.3 Å². The van der Waals surface area contributed by atoms with Crippen molar-refractivity contribution in [3.05, 3.63) is 29.8 Å². The molecule has 4 heteroatoms. The van der Waals surface area contributed by atoms with E-state index in [0.29, 0.717) is 5.56 Å². The fourth-order valence-electron chi connectivity index (χ4n) is 2.58. The van der Waals surface area contributed by atoms with Crippen LogP contribution in [-0.2, 0) is 0 Å². The SMILES string of the molecule is CCCNc1ccccc1C(=O)NC1CCC(O)CC1. The number of carbonyl (C=O) groups excluding carboxylic acids is 1. The monoisotopic (exact) mass is 276 g/mol. The van der Waals surface area contributed by atoms with E-state index in [-0.39, 0.29) is 18.1 Å². The number of hydrogen-bond acceptors (Lipinski definition) is 3. The molecule has 1 aliphatic rings. The summed E-state index contributed by atoms with van der Waals surface area (Å²) in [7, 11) is 0.